The fourth-order valence-corrected chi connectivity index (χ4v) is 1.03. The summed E-state index contributed by atoms with van der Waals surface area (Å²) in [7, 11) is 0. The fraction of sp³-hybridized carbons (Fsp3) is 0.333. The smallest absolute Gasteiger partial charge is 0.157 e. The van der Waals surface area contributed by atoms with Crippen molar-refractivity contribution in [3.8, 4) is 11.5 Å². The summed E-state index contributed by atoms with van der Waals surface area (Å²) in [6.07, 6.45) is -0.827. The maximum Gasteiger partial charge on any atom is 0.157 e. The highest BCUT2D eigenvalue weighted by molar-refractivity contribution is 5.85. The molecule has 0 spiro atoms. The van der Waals surface area contributed by atoms with Gasteiger partial charge in [0.25, 0.3) is 0 Å². The van der Waals surface area contributed by atoms with Crippen LogP contribution < -0.4 is 5.73 Å². The van der Waals surface area contributed by atoms with Crippen LogP contribution in [0.15, 0.2) is 18.2 Å². The minimum atomic E-state index is -0.827. The Balaban J connectivity index is 0.00000169. The van der Waals surface area contributed by atoms with Crippen molar-refractivity contribution in [1.29, 1.82) is 0 Å². The fourth-order valence-electron chi connectivity index (χ4n) is 1.03. The predicted molar refractivity (Wildman–Crippen MR) is 55.6 cm³/mol. The summed E-state index contributed by atoms with van der Waals surface area (Å²) < 4.78 is 0. The first kappa shape index (κ1) is 13.0. The lowest BCUT2D eigenvalue weighted by atomic mass is 10.0. The maximum absolute atomic E-state index is 9.50. The lowest BCUT2D eigenvalue weighted by Gasteiger charge is -2.14. The second-order valence-electron chi connectivity index (χ2n) is 3.05. The third-order valence-electron chi connectivity index (χ3n) is 1.84. The van der Waals surface area contributed by atoms with Crippen LogP contribution in [0.5, 0.6) is 11.5 Å². The van der Waals surface area contributed by atoms with Crippen molar-refractivity contribution in [2.45, 2.75) is 19.1 Å². The first-order chi connectivity index (χ1) is 6.02. The predicted octanol–water partition coefficient (Wildman–Crippen LogP) is 0.900. The van der Waals surface area contributed by atoms with Gasteiger partial charge in [-0.05, 0) is 24.6 Å². The van der Waals surface area contributed by atoms with E-state index in [-0.39, 0.29) is 23.9 Å². The molecule has 1 aromatic carbocycles. The zero-order chi connectivity index (χ0) is 10.0. The molecule has 0 radical (unpaired) electrons. The van der Waals surface area contributed by atoms with E-state index in [1.165, 1.54) is 18.2 Å². The summed E-state index contributed by atoms with van der Waals surface area (Å²) in [4.78, 5) is 0. The standard InChI is InChI=1S/C9H13NO3.ClH/c1-5(10)9(13)6-2-3-7(11)8(12)4-6;/h2-5,9,11-13H,10H2,1H3;1H/t5-,9-;/m0./s1. The maximum atomic E-state index is 9.50. The van der Waals surface area contributed by atoms with Gasteiger partial charge in [-0.25, -0.2) is 0 Å². The first-order valence-corrected chi connectivity index (χ1v) is 3.98. The lowest BCUT2D eigenvalue weighted by molar-refractivity contribution is 0.153. The van der Waals surface area contributed by atoms with Crippen molar-refractivity contribution in [1.82, 2.24) is 0 Å². The van der Waals surface area contributed by atoms with Crippen LogP contribution in [0.3, 0.4) is 0 Å². The minimum Gasteiger partial charge on any atom is -0.504 e. The average molecular weight is 220 g/mol. The number of benzene rings is 1. The third-order valence-corrected chi connectivity index (χ3v) is 1.84. The van der Waals surface area contributed by atoms with Crippen LogP contribution in [0, 0.1) is 0 Å². The van der Waals surface area contributed by atoms with Gasteiger partial charge in [-0.3, -0.25) is 0 Å². The third kappa shape index (κ3) is 2.77. The number of halogens is 1. The van der Waals surface area contributed by atoms with Crippen molar-refractivity contribution >= 4 is 12.4 Å². The second kappa shape index (κ2) is 5.05. The van der Waals surface area contributed by atoms with Crippen LogP contribution >= 0.6 is 12.4 Å². The summed E-state index contributed by atoms with van der Waals surface area (Å²) >= 11 is 0. The van der Waals surface area contributed by atoms with E-state index in [0.717, 1.165) is 0 Å². The van der Waals surface area contributed by atoms with Gasteiger partial charge in [0.1, 0.15) is 0 Å². The van der Waals surface area contributed by atoms with Gasteiger partial charge in [0.15, 0.2) is 11.5 Å². The topological polar surface area (TPSA) is 86.7 Å². The second-order valence-corrected chi connectivity index (χ2v) is 3.05. The Morgan fingerprint density at radius 1 is 1.21 bits per heavy atom. The molecule has 4 nitrogen and oxygen atoms in total. The summed E-state index contributed by atoms with van der Waals surface area (Å²) in [5.41, 5.74) is 5.95. The molecule has 2 atom stereocenters. The number of phenolic OH excluding ortho intramolecular Hbond substituents is 2. The number of hydrogen-bond acceptors (Lipinski definition) is 4. The SMILES string of the molecule is C[C@H](N)[C@H](O)c1ccc(O)c(O)c1.Cl. The molecule has 0 bridgehead atoms. The van der Waals surface area contributed by atoms with E-state index < -0.39 is 12.1 Å². The van der Waals surface area contributed by atoms with Gasteiger partial charge in [0.05, 0.1) is 6.10 Å². The number of aromatic hydroxyl groups is 2. The molecule has 1 rings (SSSR count). The van der Waals surface area contributed by atoms with Gasteiger partial charge >= 0.3 is 0 Å². The zero-order valence-corrected chi connectivity index (χ0v) is 8.53. The van der Waals surface area contributed by atoms with E-state index >= 15 is 0 Å². The molecule has 0 saturated carbocycles. The number of nitrogens with two attached hydrogens (primary N) is 1. The Morgan fingerprint density at radius 2 is 1.79 bits per heavy atom. The van der Waals surface area contributed by atoms with E-state index in [9.17, 15) is 5.11 Å². The molecule has 5 heteroatoms. The molecule has 0 aromatic heterocycles. The van der Waals surface area contributed by atoms with E-state index in [2.05, 4.69) is 0 Å². The van der Waals surface area contributed by atoms with Gasteiger partial charge < -0.3 is 21.1 Å². The molecule has 5 N–H and O–H groups in total. The molecular formula is C9H14ClNO3. The largest absolute Gasteiger partial charge is 0.504 e. The van der Waals surface area contributed by atoms with Crippen LogP contribution in [0.25, 0.3) is 0 Å². The molecular weight excluding hydrogens is 206 g/mol. The van der Waals surface area contributed by atoms with E-state index in [0.29, 0.717) is 5.56 Å². The highest BCUT2D eigenvalue weighted by atomic mass is 35.5. The van der Waals surface area contributed by atoms with E-state index in [4.69, 9.17) is 15.9 Å². The molecule has 14 heavy (non-hydrogen) atoms. The number of phenols is 2. The van der Waals surface area contributed by atoms with Crippen molar-refractivity contribution in [3.05, 3.63) is 23.8 Å². The molecule has 0 aliphatic heterocycles. The zero-order valence-electron chi connectivity index (χ0n) is 7.71. The monoisotopic (exact) mass is 219 g/mol. The number of aliphatic hydroxyl groups excluding tert-OH is 1. The summed E-state index contributed by atoms with van der Waals surface area (Å²) in [6, 6.07) is 3.71. The van der Waals surface area contributed by atoms with Crippen molar-refractivity contribution in [2.75, 3.05) is 0 Å². The Kier molecular flexibility index (Phi) is 4.70. The summed E-state index contributed by atoms with van der Waals surface area (Å²) in [5.74, 6) is -0.460. The Morgan fingerprint density at radius 3 is 2.21 bits per heavy atom. The molecule has 0 unspecified atom stereocenters. The van der Waals surface area contributed by atoms with Crippen LogP contribution in [0.4, 0.5) is 0 Å². The number of aliphatic hydroxyl groups is 1. The Hall–Kier alpha value is -0.970. The van der Waals surface area contributed by atoms with E-state index in [1.54, 1.807) is 6.92 Å². The highest BCUT2D eigenvalue weighted by Gasteiger charge is 2.13. The van der Waals surface area contributed by atoms with Gasteiger partial charge in [-0.2, -0.15) is 0 Å². The molecule has 1 aromatic rings. The molecule has 0 fully saturated rings. The van der Waals surface area contributed by atoms with Crippen LogP contribution in [0.2, 0.25) is 0 Å². The summed E-state index contributed by atoms with van der Waals surface area (Å²) in [6.45, 7) is 1.66. The van der Waals surface area contributed by atoms with Crippen molar-refractivity contribution in [2.24, 2.45) is 5.73 Å². The molecule has 0 amide bonds. The van der Waals surface area contributed by atoms with Gasteiger partial charge in [0, 0.05) is 6.04 Å². The summed E-state index contributed by atoms with van der Waals surface area (Å²) in [5, 5.41) is 27.6. The van der Waals surface area contributed by atoms with Crippen LogP contribution in [0.1, 0.15) is 18.6 Å². The number of hydrogen-bond donors (Lipinski definition) is 4. The van der Waals surface area contributed by atoms with Gasteiger partial charge in [-0.1, -0.05) is 6.07 Å². The average Bonchev–Trinajstić information content (AvgIpc) is 2.08. The normalized spacial score (nSPS) is 14.2. The van der Waals surface area contributed by atoms with Crippen molar-refractivity contribution < 1.29 is 15.3 Å². The molecule has 0 heterocycles. The number of rotatable bonds is 2. The molecule has 0 aliphatic carbocycles. The van der Waals surface area contributed by atoms with Crippen molar-refractivity contribution in [3.63, 3.8) is 0 Å². The first-order valence-electron chi connectivity index (χ1n) is 3.98. The highest BCUT2D eigenvalue weighted by Crippen LogP contribution is 2.28. The molecule has 80 valence electrons. The minimum absolute atomic E-state index is 0. The Labute approximate surface area is 88.4 Å². The molecule has 0 aliphatic rings. The van der Waals surface area contributed by atoms with Gasteiger partial charge in [-0.15, -0.1) is 12.4 Å². The lowest BCUT2D eigenvalue weighted by Crippen LogP contribution is -2.24. The quantitative estimate of drug-likeness (QED) is 0.557. The van der Waals surface area contributed by atoms with Crippen LogP contribution in [-0.4, -0.2) is 21.4 Å². The Bertz CT molecular complexity index is 304. The van der Waals surface area contributed by atoms with E-state index in [1.807, 2.05) is 0 Å². The molecule has 0 saturated heterocycles. The van der Waals surface area contributed by atoms with Crippen LogP contribution in [-0.2, 0) is 0 Å². The van der Waals surface area contributed by atoms with Gasteiger partial charge in [0.2, 0.25) is 0 Å².